The first-order chi connectivity index (χ1) is 13.5. The molecule has 2 amide bonds. The van der Waals surface area contributed by atoms with Crippen molar-refractivity contribution in [1.29, 1.82) is 0 Å². The Bertz CT molecular complexity index is 1020. The Kier molecular flexibility index (Phi) is 6.03. The minimum atomic E-state index is -0.917. The standard InChI is InChI=1S/C20H15N3O4S/c24-19(21-14-7-6-8-15(13-14)23(26)27)20(25)22-17-11-4-5-12-18(17)28-16-9-2-1-3-10-16/h1-13H,(H,21,24)(H,22,25). The van der Waals surface area contributed by atoms with Crippen LogP contribution in [0.3, 0.4) is 0 Å². The maximum absolute atomic E-state index is 12.3. The number of nitro groups is 1. The van der Waals surface area contributed by atoms with Gasteiger partial charge in [0, 0.05) is 27.6 Å². The van der Waals surface area contributed by atoms with Gasteiger partial charge in [-0.1, -0.05) is 48.2 Å². The Morgan fingerprint density at radius 3 is 2.25 bits per heavy atom. The summed E-state index contributed by atoms with van der Waals surface area (Å²) in [5.74, 6) is -1.78. The van der Waals surface area contributed by atoms with E-state index in [2.05, 4.69) is 10.6 Å². The van der Waals surface area contributed by atoms with Gasteiger partial charge in [-0.3, -0.25) is 19.7 Å². The fourth-order valence-electron chi connectivity index (χ4n) is 2.34. The molecule has 7 nitrogen and oxygen atoms in total. The fourth-order valence-corrected chi connectivity index (χ4v) is 3.26. The van der Waals surface area contributed by atoms with Gasteiger partial charge in [-0.05, 0) is 30.3 Å². The van der Waals surface area contributed by atoms with E-state index in [1.54, 1.807) is 12.1 Å². The maximum Gasteiger partial charge on any atom is 0.314 e. The Balaban J connectivity index is 1.70. The van der Waals surface area contributed by atoms with Crippen LogP contribution in [0, 0.1) is 10.1 Å². The van der Waals surface area contributed by atoms with Crippen LogP contribution in [0.2, 0.25) is 0 Å². The topological polar surface area (TPSA) is 101 Å². The number of anilines is 2. The molecule has 0 radical (unpaired) electrons. The molecule has 3 rings (SSSR count). The molecule has 0 bridgehead atoms. The molecule has 0 atom stereocenters. The first-order valence-electron chi connectivity index (χ1n) is 8.21. The molecular weight excluding hydrogens is 378 g/mol. The van der Waals surface area contributed by atoms with Crippen LogP contribution in [0.25, 0.3) is 0 Å². The second kappa shape index (κ2) is 8.83. The van der Waals surface area contributed by atoms with Crippen molar-refractivity contribution in [2.75, 3.05) is 10.6 Å². The monoisotopic (exact) mass is 393 g/mol. The summed E-state index contributed by atoms with van der Waals surface area (Å²) in [6, 6.07) is 22.1. The number of benzene rings is 3. The molecule has 0 aliphatic carbocycles. The number of rotatable bonds is 5. The van der Waals surface area contributed by atoms with Gasteiger partial charge in [0.05, 0.1) is 10.6 Å². The van der Waals surface area contributed by atoms with Crippen LogP contribution in [0.4, 0.5) is 17.1 Å². The number of hydrogen-bond acceptors (Lipinski definition) is 5. The fraction of sp³-hybridized carbons (Fsp3) is 0. The average molecular weight is 393 g/mol. The van der Waals surface area contributed by atoms with Crippen molar-refractivity contribution in [3.63, 3.8) is 0 Å². The quantitative estimate of drug-likeness (QED) is 0.382. The molecular formula is C20H15N3O4S. The van der Waals surface area contributed by atoms with Gasteiger partial charge < -0.3 is 10.6 Å². The molecule has 0 fully saturated rings. The van der Waals surface area contributed by atoms with Crippen molar-refractivity contribution < 1.29 is 14.5 Å². The molecule has 0 spiro atoms. The van der Waals surface area contributed by atoms with E-state index in [1.165, 1.54) is 36.0 Å². The third kappa shape index (κ3) is 4.95. The van der Waals surface area contributed by atoms with E-state index in [9.17, 15) is 19.7 Å². The number of para-hydroxylation sites is 1. The van der Waals surface area contributed by atoms with Crippen LogP contribution in [0.15, 0.2) is 88.7 Å². The molecule has 2 N–H and O–H groups in total. The highest BCUT2D eigenvalue weighted by Gasteiger charge is 2.17. The van der Waals surface area contributed by atoms with Crippen LogP contribution in [-0.4, -0.2) is 16.7 Å². The average Bonchev–Trinajstić information content (AvgIpc) is 2.70. The van der Waals surface area contributed by atoms with Crippen molar-refractivity contribution >= 4 is 40.6 Å². The summed E-state index contributed by atoms with van der Waals surface area (Å²) in [6.07, 6.45) is 0. The molecule has 0 aliphatic rings. The minimum Gasteiger partial charge on any atom is -0.318 e. The van der Waals surface area contributed by atoms with Crippen LogP contribution in [-0.2, 0) is 9.59 Å². The number of nitrogens with zero attached hydrogens (tertiary/aromatic N) is 1. The molecule has 0 unspecified atom stereocenters. The summed E-state index contributed by atoms with van der Waals surface area (Å²) < 4.78 is 0. The van der Waals surface area contributed by atoms with Crippen molar-refractivity contribution in [3.8, 4) is 0 Å². The van der Waals surface area contributed by atoms with Gasteiger partial charge in [0.15, 0.2) is 0 Å². The van der Waals surface area contributed by atoms with Crippen molar-refractivity contribution in [2.24, 2.45) is 0 Å². The third-order valence-corrected chi connectivity index (χ3v) is 4.71. The lowest BCUT2D eigenvalue weighted by Gasteiger charge is -2.11. The number of carbonyl (C=O) groups excluding carboxylic acids is 2. The second-order valence-electron chi connectivity index (χ2n) is 5.63. The third-order valence-electron chi connectivity index (χ3n) is 3.63. The van der Waals surface area contributed by atoms with E-state index in [1.807, 2.05) is 42.5 Å². The summed E-state index contributed by atoms with van der Waals surface area (Å²) in [5, 5.41) is 15.8. The molecule has 0 saturated heterocycles. The highest BCUT2D eigenvalue weighted by atomic mass is 32.2. The van der Waals surface area contributed by atoms with E-state index in [0.717, 1.165) is 9.79 Å². The number of hydrogen-bond donors (Lipinski definition) is 2. The van der Waals surface area contributed by atoms with Crippen LogP contribution in [0.1, 0.15) is 0 Å². The van der Waals surface area contributed by atoms with Gasteiger partial charge in [0.1, 0.15) is 0 Å². The SMILES string of the molecule is O=C(Nc1cccc([N+](=O)[O-])c1)C(=O)Nc1ccccc1Sc1ccccc1. The molecule has 3 aromatic rings. The minimum absolute atomic E-state index is 0.168. The van der Waals surface area contributed by atoms with E-state index < -0.39 is 16.7 Å². The smallest absolute Gasteiger partial charge is 0.314 e. The summed E-state index contributed by atoms with van der Waals surface area (Å²) in [6.45, 7) is 0. The normalized spacial score (nSPS) is 10.1. The first kappa shape index (κ1) is 19.1. The van der Waals surface area contributed by atoms with Crippen molar-refractivity contribution in [1.82, 2.24) is 0 Å². The molecule has 3 aromatic carbocycles. The van der Waals surface area contributed by atoms with Crippen LogP contribution in [0.5, 0.6) is 0 Å². The Morgan fingerprint density at radius 1 is 0.821 bits per heavy atom. The van der Waals surface area contributed by atoms with Crippen LogP contribution < -0.4 is 10.6 Å². The highest BCUT2D eigenvalue weighted by Crippen LogP contribution is 2.33. The predicted molar refractivity (Wildman–Crippen MR) is 107 cm³/mol. The number of non-ortho nitro benzene ring substituents is 1. The van der Waals surface area contributed by atoms with Gasteiger partial charge in [-0.25, -0.2) is 0 Å². The van der Waals surface area contributed by atoms with E-state index in [0.29, 0.717) is 5.69 Å². The number of nitro benzene ring substituents is 1. The highest BCUT2D eigenvalue weighted by molar-refractivity contribution is 7.99. The Morgan fingerprint density at radius 2 is 1.50 bits per heavy atom. The van der Waals surface area contributed by atoms with Crippen molar-refractivity contribution in [3.05, 3.63) is 89.0 Å². The molecule has 0 heterocycles. The van der Waals surface area contributed by atoms with E-state index in [4.69, 9.17) is 0 Å². The van der Waals surface area contributed by atoms with E-state index in [-0.39, 0.29) is 11.4 Å². The summed E-state index contributed by atoms with van der Waals surface area (Å²) in [4.78, 5) is 36.5. The van der Waals surface area contributed by atoms with Gasteiger partial charge in [-0.2, -0.15) is 0 Å². The molecule has 8 heteroatoms. The predicted octanol–water partition coefficient (Wildman–Crippen LogP) is 4.32. The van der Waals surface area contributed by atoms with Crippen LogP contribution >= 0.6 is 11.8 Å². The zero-order chi connectivity index (χ0) is 19.9. The van der Waals surface area contributed by atoms with Crippen molar-refractivity contribution in [2.45, 2.75) is 9.79 Å². The second-order valence-corrected chi connectivity index (χ2v) is 6.74. The Hall–Kier alpha value is -3.65. The zero-order valence-electron chi connectivity index (χ0n) is 14.5. The number of nitrogens with one attached hydrogen (secondary N) is 2. The van der Waals surface area contributed by atoms with Gasteiger partial charge in [-0.15, -0.1) is 0 Å². The molecule has 0 saturated carbocycles. The van der Waals surface area contributed by atoms with Gasteiger partial charge in [0.2, 0.25) is 0 Å². The largest absolute Gasteiger partial charge is 0.318 e. The maximum atomic E-state index is 12.3. The summed E-state index contributed by atoms with van der Waals surface area (Å²) >= 11 is 1.46. The lowest BCUT2D eigenvalue weighted by molar-refractivity contribution is -0.384. The number of carbonyl (C=O) groups is 2. The lowest BCUT2D eigenvalue weighted by atomic mass is 10.2. The molecule has 28 heavy (non-hydrogen) atoms. The Labute approximate surface area is 164 Å². The lowest BCUT2D eigenvalue weighted by Crippen LogP contribution is -2.29. The zero-order valence-corrected chi connectivity index (χ0v) is 15.3. The van der Waals surface area contributed by atoms with E-state index >= 15 is 0 Å². The molecule has 140 valence electrons. The van der Waals surface area contributed by atoms with Gasteiger partial charge >= 0.3 is 11.8 Å². The number of amides is 2. The molecule has 0 aromatic heterocycles. The first-order valence-corrected chi connectivity index (χ1v) is 9.03. The summed E-state index contributed by atoms with van der Waals surface area (Å²) in [5.41, 5.74) is 0.486. The summed E-state index contributed by atoms with van der Waals surface area (Å²) in [7, 11) is 0. The van der Waals surface area contributed by atoms with Gasteiger partial charge in [0.25, 0.3) is 5.69 Å². The molecule has 0 aliphatic heterocycles.